The van der Waals surface area contributed by atoms with Gasteiger partial charge in [0.25, 0.3) is 5.91 Å². The minimum absolute atomic E-state index is 0.142. The molecule has 2 N–H and O–H groups in total. The normalized spacial score (nSPS) is 22.3. The van der Waals surface area contributed by atoms with Crippen LogP contribution in [0.4, 0.5) is 5.82 Å². The second-order valence-electron chi connectivity index (χ2n) is 4.86. The molecule has 1 atom stereocenters. The van der Waals surface area contributed by atoms with Crippen LogP contribution in [0.25, 0.3) is 0 Å². The van der Waals surface area contributed by atoms with Crippen LogP contribution in [-0.4, -0.2) is 35.0 Å². The molecular weight excluding hydrogens is 282 g/mol. The number of aromatic nitrogens is 1. The van der Waals surface area contributed by atoms with Crippen LogP contribution in [0.5, 0.6) is 0 Å². The Hall–Kier alpha value is -0.940. The standard InChI is InChI=1S/C13H18ClN3OS/c1-13(6-3-7-19-13)8-16-12(18)11-9(14)4-5-10(15-2)17-11/h4-5H,3,6-8H2,1-2H3,(H,15,17)(H,16,18). The number of nitrogens with one attached hydrogen (secondary N) is 2. The Morgan fingerprint density at radius 3 is 3.00 bits per heavy atom. The number of amides is 1. The summed E-state index contributed by atoms with van der Waals surface area (Å²) >= 11 is 7.94. The molecule has 1 fully saturated rings. The molecular formula is C13H18ClN3OS. The van der Waals surface area contributed by atoms with Gasteiger partial charge in [0.2, 0.25) is 0 Å². The van der Waals surface area contributed by atoms with Gasteiger partial charge in [-0.3, -0.25) is 4.79 Å². The fourth-order valence-corrected chi connectivity index (χ4v) is 3.50. The molecule has 104 valence electrons. The lowest BCUT2D eigenvalue weighted by atomic mass is 10.1. The Morgan fingerprint density at radius 2 is 2.37 bits per heavy atom. The van der Waals surface area contributed by atoms with Crippen molar-refractivity contribution in [2.45, 2.75) is 24.5 Å². The van der Waals surface area contributed by atoms with Crippen molar-refractivity contribution in [2.24, 2.45) is 0 Å². The summed E-state index contributed by atoms with van der Waals surface area (Å²) in [5, 5.41) is 6.21. The number of hydrogen-bond donors (Lipinski definition) is 2. The summed E-state index contributed by atoms with van der Waals surface area (Å²) in [5.74, 6) is 1.59. The lowest BCUT2D eigenvalue weighted by Gasteiger charge is -2.22. The maximum Gasteiger partial charge on any atom is 0.271 e. The summed E-state index contributed by atoms with van der Waals surface area (Å²) in [5.41, 5.74) is 0.278. The summed E-state index contributed by atoms with van der Waals surface area (Å²) in [6.07, 6.45) is 2.35. The number of pyridine rings is 1. The maximum atomic E-state index is 12.1. The van der Waals surface area contributed by atoms with E-state index in [0.717, 1.165) is 6.42 Å². The van der Waals surface area contributed by atoms with Crippen LogP contribution in [0.3, 0.4) is 0 Å². The zero-order chi connectivity index (χ0) is 13.9. The first-order valence-electron chi connectivity index (χ1n) is 6.30. The van der Waals surface area contributed by atoms with E-state index >= 15 is 0 Å². The maximum absolute atomic E-state index is 12.1. The van der Waals surface area contributed by atoms with Crippen molar-refractivity contribution in [3.05, 3.63) is 22.8 Å². The minimum Gasteiger partial charge on any atom is -0.373 e. The van der Waals surface area contributed by atoms with Gasteiger partial charge in [-0.2, -0.15) is 11.8 Å². The molecule has 0 aliphatic carbocycles. The third-order valence-electron chi connectivity index (χ3n) is 3.24. The molecule has 19 heavy (non-hydrogen) atoms. The molecule has 1 aliphatic rings. The topological polar surface area (TPSA) is 54.0 Å². The molecule has 0 saturated carbocycles. The third kappa shape index (κ3) is 3.54. The van der Waals surface area contributed by atoms with Crippen molar-refractivity contribution in [1.82, 2.24) is 10.3 Å². The number of halogens is 1. The highest BCUT2D eigenvalue weighted by molar-refractivity contribution is 8.00. The number of carbonyl (C=O) groups is 1. The van der Waals surface area contributed by atoms with E-state index in [1.165, 1.54) is 12.2 Å². The lowest BCUT2D eigenvalue weighted by molar-refractivity contribution is 0.0945. The molecule has 1 aromatic rings. The van der Waals surface area contributed by atoms with Crippen LogP contribution in [0.15, 0.2) is 12.1 Å². The van der Waals surface area contributed by atoms with Gasteiger partial charge < -0.3 is 10.6 Å². The van der Waals surface area contributed by atoms with Gasteiger partial charge in [-0.05, 0) is 37.7 Å². The summed E-state index contributed by atoms with van der Waals surface area (Å²) in [7, 11) is 1.76. The second kappa shape index (κ2) is 6.01. The zero-order valence-electron chi connectivity index (χ0n) is 11.1. The molecule has 0 spiro atoms. The molecule has 0 radical (unpaired) electrons. The van der Waals surface area contributed by atoms with Crippen LogP contribution < -0.4 is 10.6 Å². The Balaban J connectivity index is 2.03. The van der Waals surface area contributed by atoms with Crippen LogP contribution in [0.1, 0.15) is 30.3 Å². The van der Waals surface area contributed by atoms with Gasteiger partial charge in [-0.1, -0.05) is 11.6 Å². The first kappa shape index (κ1) is 14.5. The summed E-state index contributed by atoms with van der Waals surface area (Å²) in [4.78, 5) is 16.3. The molecule has 0 aromatic carbocycles. The number of carbonyl (C=O) groups excluding carboxylic acids is 1. The third-order valence-corrected chi connectivity index (χ3v) is 5.08. The van der Waals surface area contributed by atoms with Gasteiger partial charge in [-0.25, -0.2) is 4.98 Å². The van der Waals surface area contributed by atoms with E-state index in [1.807, 2.05) is 11.8 Å². The van der Waals surface area contributed by atoms with Gasteiger partial charge in [0.1, 0.15) is 11.5 Å². The number of rotatable bonds is 4. The number of hydrogen-bond acceptors (Lipinski definition) is 4. The lowest BCUT2D eigenvalue weighted by Crippen LogP contribution is -2.37. The largest absolute Gasteiger partial charge is 0.373 e. The Labute approximate surface area is 122 Å². The highest BCUT2D eigenvalue weighted by Crippen LogP contribution is 2.37. The summed E-state index contributed by atoms with van der Waals surface area (Å²) in [6.45, 7) is 2.84. The summed E-state index contributed by atoms with van der Waals surface area (Å²) in [6, 6.07) is 3.43. The van der Waals surface area contributed by atoms with Gasteiger partial charge in [0.05, 0.1) is 5.02 Å². The molecule has 1 amide bonds. The van der Waals surface area contributed by atoms with Crippen LogP contribution >= 0.6 is 23.4 Å². The Kier molecular flexibility index (Phi) is 4.58. The number of anilines is 1. The van der Waals surface area contributed by atoms with E-state index in [-0.39, 0.29) is 16.3 Å². The van der Waals surface area contributed by atoms with Gasteiger partial charge in [0.15, 0.2) is 0 Å². The first-order chi connectivity index (χ1) is 9.04. The van der Waals surface area contributed by atoms with Crippen molar-refractivity contribution in [2.75, 3.05) is 24.7 Å². The molecule has 4 nitrogen and oxygen atoms in total. The predicted octanol–water partition coefficient (Wildman–Crippen LogP) is 2.79. The van der Waals surface area contributed by atoms with E-state index in [9.17, 15) is 4.79 Å². The average Bonchev–Trinajstić information content (AvgIpc) is 2.84. The predicted molar refractivity (Wildman–Crippen MR) is 81.2 cm³/mol. The van der Waals surface area contributed by atoms with Gasteiger partial charge >= 0.3 is 0 Å². The first-order valence-corrected chi connectivity index (χ1v) is 7.67. The van der Waals surface area contributed by atoms with Crippen molar-refractivity contribution >= 4 is 35.1 Å². The highest BCUT2D eigenvalue weighted by Gasteiger charge is 2.30. The quantitative estimate of drug-likeness (QED) is 0.897. The minimum atomic E-state index is -0.212. The number of nitrogens with zero attached hydrogens (tertiary/aromatic N) is 1. The molecule has 6 heteroatoms. The Bertz CT molecular complexity index is 475. The van der Waals surface area contributed by atoms with Crippen molar-refractivity contribution in [3.8, 4) is 0 Å². The molecule has 1 saturated heterocycles. The zero-order valence-corrected chi connectivity index (χ0v) is 12.7. The highest BCUT2D eigenvalue weighted by atomic mass is 35.5. The van der Waals surface area contributed by atoms with Gasteiger partial charge in [0, 0.05) is 18.3 Å². The smallest absolute Gasteiger partial charge is 0.271 e. The second-order valence-corrected chi connectivity index (χ2v) is 6.95. The van der Waals surface area contributed by atoms with Crippen molar-refractivity contribution in [1.29, 1.82) is 0 Å². The van der Waals surface area contributed by atoms with E-state index in [1.54, 1.807) is 19.2 Å². The van der Waals surface area contributed by atoms with E-state index in [2.05, 4.69) is 22.5 Å². The molecule has 1 aromatic heterocycles. The van der Waals surface area contributed by atoms with Crippen LogP contribution in [0, 0.1) is 0 Å². The fraction of sp³-hybridized carbons (Fsp3) is 0.538. The number of thioether (sulfide) groups is 1. The Morgan fingerprint density at radius 1 is 1.58 bits per heavy atom. The van der Waals surface area contributed by atoms with Gasteiger partial charge in [-0.15, -0.1) is 0 Å². The molecule has 1 unspecified atom stereocenters. The molecule has 2 heterocycles. The SMILES string of the molecule is CNc1ccc(Cl)c(C(=O)NCC2(C)CCCS2)n1. The van der Waals surface area contributed by atoms with Crippen molar-refractivity contribution in [3.63, 3.8) is 0 Å². The fourth-order valence-electron chi connectivity index (χ4n) is 2.07. The van der Waals surface area contributed by atoms with Crippen LogP contribution in [-0.2, 0) is 0 Å². The van der Waals surface area contributed by atoms with Crippen molar-refractivity contribution < 1.29 is 4.79 Å². The van der Waals surface area contributed by atoms with E-state index < -0.39 is 0 Å². The monoisotopic (exact) mass is 299 g/mol. The molecule has 0 bridgehead atoms. The van der Waals surface area contributed by atoms with E-state index in [4.69, 9.17) is 11.6 Å². The average molecular weight is 300 g/mol. The molecule has 1 aliphatic heterocycles. The summed E-state index contributed by atoms with van der Waals surface area (Å²) < 4.78 is 0.142. The van der Waals surface area contributed by atoms with Crippen LogP contribution in [0.2, 0.25) is 5.02 Å². The molecule has 2 rings (SSSR count). The van der Waals surface area contributed by atoms with E-state index in [0.29, 0.717) is 17.4 Å².